The molecule has 0 spiro atoms. The van der Waals surface area contributed by atoms with Crippen molar-refractivity contribution in [1.29, 1.82) is 0 Å². The summed E-state index contributed by atoms with van der Waals surface area (Å²) in [4.78, 5) is 13.1. The van der Waals surface area contributed by atoms with Crippen molar-refractivity contribution in [2.45, 2.75) is 19.4 Å². The summed E-state index contributed by atoms with van der Waals surface area (Å²) in [6.07, 6.45) is 0.246. The first kappa shape index (κ1) is 10.2. The predicted octanol–water partition coefficient (Wildman–Crippen LogP) is 1.62. The lowest BCUT2D eigenvalue weighted by molar-refractivity contribution is -0.141. The number of hydrogen-bond acceptors (Lipinski definition) is 4. The van der Waals surface area contributed by atoms with Gasteiger partial charge in [-0.2, -0.15) is 0 Å². The molecule has 1 aromatic rings. The van der Waals surface area contributed by atoms with E-state index >= 15 is 0 Å². The summed E-state index contributed by atoms with van der Waals surface area (Å²) >= 11 is 1.62. The molecule has 1 heterocycles. The van der Waals surface area contributed by atoms with E-state index in [1.165, 1.54) is 12.0 Å². The largest absolute Gasteiger partial charge is 0.469 e. The van der Waals surface area contributed by atoms with Crippen molar-refractivity contribution in [2.75, 3.05) is 7.11 Å². The number of ether oxygens (including phenoxy) is 1. The van der Waals surface area contributed by atoms with E-state index in [1.54, 1.807) is 11.3 Å². The summed E-state index contributed by atoms with van der Waals surface area (Å²) in [6.45, 7) is 2.01. The second-order valence-corrected chi connectivity index (χ2v) is 4.15. The average molecular weight is 199 g/mol. The van der Waals surface area contributed by atoms with Crippen LogP contribution in [0.5, 0.6) is 0 Å². The third kappa shape index (κ3) is 2.82. The van der Waals surface area contributed by atoms with Crippen molar-refractivity contribution < 1.29 is 9.53 Å². The predicted molar refractivity (Wildman–Crippen MR) is 52.6 cm³/mol. The molecule has 4 heteroatoms. The summed E-state index contributed by atoms with van der Waals surface area (Å²) in [7, 11) is 1.37. The molecule has 0 saturated carbocycles. The molecule has 0 bridgehead atoms. The SMILES string of the molecule is COC(=O)CC(N)c1ccc(C)s1. The maximum atomic E-state index is 10.9. The number of hydrogen-bond donors (Lipinski definition) is 1. The van der Waals surface area contributed by atoms with Crippen LogP contribution in [0.2, 0.25) is 0 Å². The van der Waals surface area contributed by atoms with Gasteiger partial charge in [0.2, 0.25) is 0 Å². The number of aryl methyl sites for hydroxylation is 1. The van der Waals surface area contributed by atoms with Crippen LogP contribution in [-0.4, -0.2) is 13.1 Å². The maximum Gasteiger partial charge on any atom is 0.307 e. The van der Waals surface area contributed by atoms with Gasteiger partial charge in [-0.05, 0) is 19.1 Å². The first-order valence-electron chi connectivity index (χ1n) is 4.02. The highest BCUT2D eigenvalue weighted by Crippen LogP contribution is 2.23. The topological polar surface area (TPSA) is 52.3 Å². The summed E-state index contributed by atoms with van der Waals surface area (Å²) in [5.41, 5.74) is 5.79. The molecule has 1 rings (SSSR count). The standard InChI is InChI=1S/C9H13NO2S/c1-6-3-4-8(13-6)7(10)5-9(11)12-2/h3-4,7H,5,10H2,1-2H3. The number of carbonyl (C=O) groups is 1. The lowest BCUT2D eigenvalue weighted by atomic mass is 10.2. The van der Waals surface area contributed by atoms with Gasteiger partial charge in [-0.25, -0.2) is 0 Å². The fourth-order valence-corrected chi connectivity index (χ4v) is 1.89. The quantitative estimate of drug-likeness (QED) is 0.752. The highest BCUT2D eigenvalue weighted by Gasteiger charge is 2.12. The van der Waals surface area contributed by atoms with Gasteiger partial charge in [0.05, 0.1) is 13.5 Å². The lowest BCUT2D eigenvalue weighted by Gasteiger charge is -2.06. The fourth-order valence-electron chi connectivity index (χ4n) is 1.02. The Bertz CT molecular complexity index is 296. The van der Waals surface area contributed by atoms with Gasteiger partial charge in [-0.3, -0.25) is 4.79 Å². The minimum absolute atomic E-state index is 0.230. The summed E-state index contributed by atoms with van der Waals surface area (Å²) in [5.74, 6) is -0.265. The molecule has 0 fully saturated rings. The zero-order valence-electron chi connectivity index (χ0n) is 7.74. The molecule has 2 N–H and O–H groups in total. The van der Waals surface area contributed by atoms with E-state index in [0.717, 1.165) is 4.88 Å². The van der Waals surface area contributed by atoms with Crippen LogP contribution in [0, 0.1) is 6.92 Å². The molecule has 1 unspecified atom stereocenters. The van der Waals surface area contributed by atoms with Gasteiger partial charge in [0, 0.05) is 15.8 Å². The van der Waals surface area contributed by atoms with E-state index in [1.807, 2.05) is 19.1 Å². The molecule has 0 aliphatic rings. The van der Waals surface area contributed by atoms with Crippen molar-refractivity contribution in [3.63, 3.8) is 0 Å². The van der Waals surface area contributed by atoms with Gasteiger partial charge in [0.1, 0.15) is 0 Å². The van der Waals surface area contributed by atoms with E-state index < -0.39 is 0 Å². The summed E-state index contributed by atoms with van der Waals surface area (Å²) < 4.78 is 4.53. The van der Waals surface area contributed by atoms with Crippen LogP contribution in [0.3, 0.4) is 0 Å². The molecule has 3 nitrogen and oxygen atoms in total. The van der Waals surface area contributed by atoms with E-state index in [-0.39, 0.29) is 18.4 Å². The highest BCUT2D eigenvalue weighted by molar-refractivity contribution is 7.12. The third-order valence-electron chi connectivity index (χ3n) is 1.74. The Morgan fingerprint density at radius 1 is 1.69 bits per heavy atom. The van der Waals surface area contributed by atoms with Crippen molar-refractivity contribution in [3.8, 4) is 0 Å². The summed E-state index contributed by atoms with van der Waals surface area (Å²) in [6, 6.07) is 3.72. The van der Waals surface area contributed by atoms with Gasteiger partial charge in [-0.1, -0.05) is 0 Å². The van der Waals surface area contributed by atoms with E-state index in [4.69, 9.17) is 5.73 Å². The molecule has 0 radical (unpaired) electrons. The maximum absolute atomic E-state index is 10.9. The monoisotopic (exact) mass is 199 g/mol. The van der Waals surface area contributed by atoms with Crippen LogP contribution < -0.4 is 5.73 Å². The Balaban J connectivity index is 2.58. The third-order valence-corrected chi connectivity index (χ3v) is 2.87. The van der Waals surface area contributed by atoms with Crippen LogP contribution in [0.4, 0.5) is 0 Å². The van der Waals surface area contributed by atoms with Crippen molar-refractivity contribution in [3.05, 3.63) is 21.9 Å². The summed E-state index contributed by atoms with van der Waals surface area (Å²) in [5, 5.41) is 0. The van der Waals surface area contributed by atoms with Gasteiger partial charge in [-0.15, -0.1) is 11.3 Å². The fraction of sp³-hybridized carbons (Fsp3) is 0.444. The van der Waals surface area contributed by atoms with Crippen LogP contribution in [0.25, 0.3) is 0 Å². The van der Waals surface area contributed by atoms with Gasteiger partial charge >= 0.3 is 5.97 Å². The van der Waals surface area contributed by atoms with Crippen LogP contribution in [-0.2, 0) is 9.53 Å². The molecule has 1 aromatic heterocycles. The molecule has 72 valence electrons. The zero-order chi connectivity index (χ0) is 9.84. The van der Waals surface area contributed by atoms with Crippen LogP contribution in [0.1, 0.15) is 22.2 Å². The minimum Gasteiger partial charge on any atom is -0.469 e. The Labute approximate surface area is 81.5 Å². The molecule has 0 aliphatic heterocycles. The molecule has 0 aromatic carbocycles. The molecular formula is C9H13NO2S. The molecular weight excluding hydrogens is 186 g/mol. The van der Waals surface area contributed by atoms with Gasteiger partial charge in [0.25, 0.3) is 0 Å². The van der Waals surface area contributed by atoms with E-state index in [9.17, 15) is 4.79 Å². The number of rotatable bonds is 3. The average Bonchev–Trinajstić information content (AvgIpc) is 2.51. The lowest BCUT2D eigenvalue weighted by Crippen LogP contribution is -2.14. The minimum atomic E-state index is -0.265. The smallest absolute Gasteiger partial charge is 0.307 e. The first-order valence-corrected chi connectivity index (χ1v) is 4.84. The zero-order valence-corrected chi connectivity index (χ0v) is 8.56. The number of carbonyl (C=O) groups excluding carboxylic acids is 1. The van der Waals surface area contributed by atoms with Crippen molar-refractivity contribution >= 4 is 17.3 Å². The molecule has 0 aliphatic carbocycles. The van der Waals surface area contributed by atoms with E-state index in [0.29, 0.717) is 0 Å². The Kier molecular flexibility index (Phi) is 3.45. The van der Waals surface area contributed by atoms with Gasteiger partial charge < -0.3 is 10.5 Å². The number of methoxy groups -OCH3 is 1. The Hall–Kier alpha value is -0.870. The normalized spacial score (nSPS) is 12.5. The van der Waals surface area contributed by atoms with Gasteiger partial charge in [0.15, 0.2) is 0 Å². The molecule has 0 saturated heterocycles. The van der Waals surface area contributed by atoms with E-state index in [2.05, 4.69) is 4.74 Å². The Morgan fingerprint density at radius 3 is 2.85 bits per heavy atom. The highest BCUT2D eigenvalue weighted by atomic mass is 32.1. The van der Waals surface area contributed by atoms with Crippen LogP contribution >= 0.6 is 11.3 Å². The van der Waals surface area contributed by atoms with Crippen LogP contribution in [0.15, 0.2) is 12.1 Å². The Morgan fingerprint density at radius 2 is 2.38 bits per heavy atom. The number of thiophene rings is 1. The molecule has 13 heavy (non-hydrogen) atoms. The first-order chi connectivity index (χ1) is 6.13. The second-order valence-electron chi connectivity index (χ2n) is 2.84. The second kappa shape index (κ2) is 4.39. The molecule has 1 atom stereocenters. The molecule has 0 amide bonds. The van der Waals surface area contributed by atoms with Crippen molar-refractivity contribution in [1.82, 2.24) is 0 Å². The van der Waals surface area contributed by atoms with Crippen molar-refractivity contribution in [2.24, 2.45) is 5.73 Å². The number of nitrogens with two attached hydrogens (primary N) is 1. The number of esters is 1.